The van der Waals surface area contributed by atoms with Crippen LogP contribution in [-0.4, -0.2) is 65.2 Å². The van der Waals surface area contributed by atoms with E-state index in [1.807, 2.05) is 6.07 Å². The molecule has 33 heavy (non-hydrogen) atoms. The van der Waals surface area contributed by atoms with Gasteiger partial charge in [-0.25, -0.2) is 8.42 Å². The lowest BCUT2D eigenvalue weighted by Gasteiger charge is -2.32. The number of benzene rings is 2. The average molecular weight is 478 g/mol. The summed E-state index contributed by atoms with van der Waals surface area (Å²) in [7, 11) is 0.765. The molecule has 0 spiro atoms. The van der Waals surface area contributed by atoms with Gasteiger partial charge in [0.25, 0.3) is 0 Å². The Morgan fingerprint density at radius 2 is 1.67 bits per heavy atom. The molecule has 0 aliphatic carbocycles. The smallest absolute Gasteiger partial charge is 0.244 e. The maximum absolute atomic E-state index is 13.5. The first-order valence-electron chi connectivity index (χ1n) is 10.4. The molecule has 0 saturated carbocycles. The summed E-state index contributed by atoms with van der Waals surface area (Å²) in [6.07, 6.45) is 1.39. The van der Waals surface area contributed by atoms with Gasteiger partial charge in [0.1, 0.15) is 24.1 Å². The maximum atomic E-state index is 13.5. The lowest BCUT2D eigenvalue weighted by molar-refractivity contribution is -0.140. The second-order valence-corrected chi connectivity index (χ2v) is 9.29. The zero-order valence-electron chi connectivity index (χ0n) is 19.6. The predicted octanol–water partition coefficient (Wildman–Crippen LogP) is 2.02. The summed E-state index contributed by atoms with van der Waals surface area (Å²) in [4.78, 5) is 27.4. The Balaban J connectivity index is 2.42. The third-order valence-electron chi connectivity index (χ3n) is 5.16. The molecule has 9 nitrogen and oxygen atoms in total. The van der Waals surface area contributed by atoms with Crippen LogP contribution in [0.1, 0.15) is 18.9 Å². The van der Waals surface area contributed by atoms with Crippen molar-refractivity contribution in [1.29, 1.82) is 0 Å². The Morgan fingerprint density at radius 1 is 1.03 bits per heavy atom. The summed E-state index contributed by atoms with van der Waals surface area (Å²) >= 11 is 0. The first kappa shape index (κ1) is 26.0. The molecule has 0 aliphatic heterocycles. The van der Waals surface area contributed by atoms with Gasteiger partial charge in [-0.1, -0.05) is 19.1 Å². The number of rotatable bonds is 11. The van der Waals surface area contributed by atoms with E-state index in [1.54, 1.807) is 56.5 Å². The number of nitrogens with one attached hydrogen (secondary N) is 1. The number of ether oxygens (including phenoxy) is 2. The molecule has 0 saturated heterocycles. The summed E-state index contributed by atoms with van der Waals surface area (Å²) in [5.74, 6) is 0.339. The molecule has 180 valence electrons. The van der Waals surface area contributed by atoms with Crippen LogP contribution in [0.2, 0.25) is 0 Å². The van der Waals surface area contributed by atoms with Crippen molar-refractivity contribution in [3.63, 3.8) is 0 Å². The Labute approximate surface area is 195 Å². The minimum atomic E-state index is -3.78. The van der Waals surface area contributed by atoms with E-state index in [1.165, 1.54) is 19.1 Å². The molecule has 2 amide bonds. The lowest BCUT2D eigenvalue weighted by atomic mass is 10.1. The predicted molar refractivity (Wildman–Crippen MR) is 127 cm³/mol. The molecule has 0 heterocycles. The summed E-state index contributed by atoms with van der Waals surface area (Å²) in [5, 5.41) is 2.58. The van der Waals surface area contributed by atoms with E-state index in [0.29, 0.717) is 23.6 Å². The zero-order valence-corrected chi connectivity index (χ0v) is 20.4. The molecule has 0 unspecified atom stereocenters. The fourth-order valence-corrected chi connectivity index (χ4v) is 4.27. The van der Waals surface area contributed by atoms with Gasteiger partial charge >= 0.3 is 0 Å². The highest BCUT2D eigenvalue weighted by Crippen LogP contribution is 2.23. The van der Waals surface area contributed by atoms with Crippen molar-refractivity contribution in [2.45, 2.75) is 25.9 Å². The van der Waals surface area contributed by atoms with Crippen LogP contribution in [0.3, 0.4) is 0 Å². The van der Waals surface area contributed by atoms with E-state index in [-0.39, 0.29) is 12.5 Å². The number of methoxy groups -OCH3 is 2. The summed E-state index contributed by atoms with van der Waals surface area (Å²) < 4.78 is 36.5. The van der Waals surface area contributed by atoms with E-state index in [4.69, 9.17) is 9.47 Å². The number of hydrogen-bond donors (Lipinski definition) is 1. The molecule has 0 bridgehead atoms. The molecule has 0 fully saturated rings. The van der Waals surface area contributed by atoms with Crippen LogP contribution in [0.25, 0.3) is 0 Å². The van der Waals surface area contributed by atoms with Crippen LogP contribution in [-0.2, 0) is 26.2 Å². The van der Waals surface area contributed by atoms with Crippen molar-refractivity contribution >= 4 is 27.5 Å². The van der Waals surface area contributed by atoms with Crippen molar-refractivity contribution in [1.82, 2.24) is 10.2 Å². The largest absolute Gasteiger partial charge is 0.497 e. The Hall–Kier alpha value is -3.27. The third kappa shape index (κ3) is 6.85. The Bertz CT molecular complexity index is 1060. The Kier molecular flexibility index (Phi) is 9.10. The number of sulfonamides is 1. The maximum Gasteiger partial charge on any atom is 0.244 e. The number of carbonyl (C=O) groups is 2. The monoisotopic (exact) mass is 477 g/mol. The molecule has 1 atom stereocenters. The van der Waals surface area contributed by atoms with Gasteiger partial charge in [-0.05, 0) is 48.4 Å². The second kappa shape index (κ2) is 11.6. The number of likely N-dealkylation sites (N-methyl/N-ethyl adjacent to an activating group) is 1. The molecule has 0 aromatic heterocycles. The summed E-state index contributed by atoms with van der Waals surface area (Å²) in [6, 6.07) is 12.7. The summed E-state index contributed by atoms with van der Waals surface area (Å²) in [5.41, 5.74) is 1.07. The molecule has 2 aromatic carbocycles. The molecular weight excluding hydrogens is 446 g/mol. The quantitative estimate of drug-likeness (QED) is 0.531. The van der Waals surface area contributed by atoms with Gasteiger partial charge in [0.15, 0.2) is 0 Å². The van der Waals surface area contributed by atoms with E-state index < -0.39 is 28.5 Å². The average Bonchev–Trinajstić information content (AvgIpc) is 2.81. The fourth-order valence-electron chi connectivity index (χ4n) is 3.42. The normalized spacial score (nSPS) is 11.9. The van der Waals surface area contributed by atoms with Crippen LogP contribution in [0.5, 0.6) is 11.5 Å². The number of amides is 2. The number of anilines is 1. The van der Waals surface area contributed by atoms with Crippen LogP contribution in [0.15, 0.2) is 48.5 Å². The highest BCUT2D eigenvalue weighted by molar-refractivity contribution is 7.92. The van der Waals surface area contributed by atoms with Crippen LogP contribution >= 0.6 is 0 Å². The van der Waals surface area contributed by atoms with E-state index in [2.05, 4.69) is 5.32 Å². The van der Waals surface area contributed by atoms with Crippen LogP contribution in [0.4, 0.5) is 5.69 Å². The van der Waals surface area contributed by atoms with Crippen molar-refractivity contribution < 1.29 is 27.5 Å². The van der Waals surface area contributed by atoms with Crippen molar-refractivity contribution in [3.05, 3.63) is 54.1 Å². The topological polar surface area (TPSA) is 105 Å². The minimum Gasteiger partial charge on any atom is -0.497 e. The minimum absolute atomic E-state index is 0.113. The second-order valence-electron chi connectivity index (χ2n) is 7.38. The zero-order chi connectivity index (χ0) is 24.6. The number of hydrogen-bond acceptors (Lipinski definition) is 6. The molecule has 0 aliphatic rings. The molecule has 2 rings (SSSR count). The van der Waals surface area contributed by atoms with Crippen molar-refractivity contribution in [2.24, 2.45) is 0 Å². The molecule has 0 radical (unpaired) electrons. The molecule has 10 heteroatoms. The van der Waals surface area contributed by atoms with Crippen LogP contribution in [0, 0.1) is 0 Å². The van der Waals surface area contributed by atoms with E-state index in [9.17, 15) is 18.0 Å². The SMILES string of the molecule is CC[C@@H](C(=O)NC)N(Cc1cccc(OC)c1)C(=O)CN(c1ccc(OC)cc1)S(C)(=O)=O. The summed E-state index contributed by atoms with van der Waals surface area (Å²) in [6.45, 7) is 1.45. The number of carbonyl (C=O) groups excluding carboxylic acids is 2. The lowest BCUT2D eigenvalue weighted by Crippen LogP contribution is -2.51. The van der Waals surface area contributed by atoms with Gasteiger partial charge in [0.2, 0.25) is 21.8 Å². The van der Waals surface area contributed by atoms with Gasteiger partial charge < -0.3 is 19.7 Å². The first-order chi connectivity index (χ1) is 15.6. The molecule has 1 N–H and O–H groups in total. The van der Waals surface area contributed by atoms with Crippen molar-refractivity contribution in [3.8, 4) is 11.5 Å². The highest BCUT2D eigenvalue weighted by Gasteiger charge is 2.31. The van der Waals surface area contributed by atoms with Gasteiger partial charge in [0, 0.05) is 13.6 Å². The first-order valence-corrected chi connectivity index (χ1v) is 12.2. The highest BCUT2D eigenvalue weighted by atomic mass is 32.2. The molecular formula is C23H31N3O6S. The standard InChI is InChI=1S/C23H31N3O6S/c1-6-21(23(28)24-2)25(15-17-8-7-9-20(14-17)32-4)22(27)16-26(33(5,29)30)18-10-12-19(31-3)13-11-18/h7-14,21H,6,15-16H2,1-5H3,(H,24,28)/t21-/m0/s1. The van der Waals surface area contributed by atoms with Crippen molar-refractivity contribution in [2.75, 3.05) is 38.4 Å². The Morgan fingerprint density at radius 3 is 2.18 bits per heavy atom. The van der Waals surface area contributed by atoms with Gasteiger partial charge in [-0.2, -0.15) is 0 Å². The van der Waals surface area contributed by atoms with E-state index >= 15 is 0 Å². The third-order valence-corrected chi connectivity index (χ3v) is 6.30. The van der Waals surface area contributed by atoms with Gasteiger partial charge in [-0.3, -0.25) is 13.9 Å². The molecule has 2 aromatic rings. The number of nitrogens with zero attached hydrogens (tertiary/aromatic N) is 2. The van der Waals surface area contributed by atoms with Gasteiger partial charge in [0.05, 0.1) is 26.2 Å². The fraction of sp³-hybridized carbons (Fsp3) is 0.391. The van der Waals surface area contributed by atoms with E-state index in [0.717, 1.165) is 16.1 Å². The van der Waals surface area contributed by atoms with Crippen LogP contribution < -0.4 is 19.1 Å². The van der Waals surface area contributed by atoms with Gasteiger partial charge in [-0.15, -0.1) is 0 Å².